The second-order valence-corrected chi connectivity index (χ2v) is 12.5. The Morgan fingerprint density at radius 1 is 0.838 bits per heavy atom. The summed E-state index contributed by atoms with van der Waals surface area (Å²) in [6, 6.07) is 15.1. The molecule has 0 unspecified atom stereocenters. The average Bonchev–Trinajstić information content (AvgIpc) is 3.36. The van der Waals surface area contributed by atoms with Crippen LogP contribution in [0.15, 0.2) is 42.5 Å². The van der Waals surface area contributed by atoms with E-state index in [1.807, 2.05) is 6.07 Å². The van der Waals surface area contributed by atoms with Crippen LogP contribution in [0.25, 0.3) is 0 Å². The van der Waals surface area contributed by atoms with E-state index in [9.17, 15) is 5.11 Å². The first kappa shape index (κ1) is 23.8. The highest BCUT2D eigenvalue weighted by molar-refractivity contribution is 5.44. The molecule has 1 atom stereocenters. The summed E-state index contributed by atoms with van der Waals surface area (Å²) in [6.07, 6.45) is 8.13. The summed E-state index contributed by atoms with van der Waals surface area (Å²) >= 11 is 0. The molecule has 2 aliphatic heterocycles. The van der Waals surface area contributed by atoms with Gasteiger partial charge in [0.2, 0.25) is 6.79 Å². The fourth-order valence-corrected chi connectivity index (χ4v) is 8.34. The Hall–Kier alpha value is -2.28. The molecule has 0 aromatic heterocycles. The Labute approximate surface area is 220 Å². The predicted octanol–water partition coefficient (Wildman–Crippen LogP) is 4.44. The number of hydrogen-bond acceptors (Lipinski definition) is 6. The van der Waals surface area contributed by atoms with Gasteiger partial charge in [0.15, 0.2) is 11.5 Å². The Balaban J connectivity index is 0.859. The van der Waals surface area contributed by atoms with Crippen molar-refractivity contribution in [3.63, 3.8) is 0 Å². The third-order valence-corrected chi connectivity index (χ3v) is 9.72. The smallest absolute Gasteiger partial charge is 0.231 e. The second-order valence-electron chi connectivity index (χ2n) is 12.5. The van der Waals surface area contributed by atoms with Gasteiger partial charge in [-0.1, -0.05) is 18.2 Å². The van der Waals surface area contributed by atoms with Gasteiger partial charge in [0.1, 0.15) is 18.5 Å². The topological polar surface area (TPSA) is 54.4 Å². The van der Waals surface area contributed by atoms with E-state index in [4.69, 9.17) is 14.2 Å². The van der Waals surface area contributed by atoms with Gasteiger partial charge in [-0.2, -0.15) is 0 Å². The van der Waals surface area contributed by atoms with Gasteiger partial charge in [-0.3, -0.25) is 9.80 Å². The molecular weight excluding hydrogens is 464 g/mol. The molecule has 6 heteroatoms. The zero-order chi connectivity index (χ0) is 24.8. The van der Waals surface area contributed by atoms with Crippen LogP contribution in [0.2, 0.25) is 0 Å². The normalized spacial score (nSPS) is 31.5. The van der Waals surface area contributed by atoms with Crippen molar-refractivity contribution in [2.24, 2.45) is 17.8 Å². The molecular formula is C31H40N2O4. The third kappa shape index (κ3) is 4.96. The minimum Gasteiger partial charge on any atom is -0.491 e. The van der Waals surface area contributed by atoms with Gasteiger partial charge in [0.25, 0.3) is 0 Å². The van der Waals surface area contributed by atoms with E-state index in [2.05, 4.69) is 46.2 Å². The number of nitrogens with zero attached hydrogens (tertiary/aromatic N) is 2. The van der Waals surface area contributed by atoms with Crippen molar-refractivity contribution in [1.82, 2.24) is 9.80 Å². The molecule has 4 bridgehead atoms. The first-order valence-electron chi connectivity index (χ1n) is 14.3. The van der Waals surface area contributed by atoms with Crippen molar-refractivity contribution in [3.8, 4) is 17.2 Å². The summed E-state index contributed by atoms with van der Waals surface area (Å²) in [5.74, 6) is 5.44. The first-order valence-corrected chi connectivity index (χ1v) is 14.3. The summed E-state index contributed by atoms with van der Waals surface area (Å²) in [6.45, 7) is 6.13. The van der Waals surface area contributed by atoms with E-state index in [1.165, 1.54) is 49.7 Å². The molecule has 0 spiro atoms. The lowest BCUT2D eigenvalue weighted by atomic mass is 9.48. The number of hydrogen-bond donors (Lipinski definition) is 1. The number of ether oxygens (including phenoxy) is 3. The van der Waals surface area contributed by atoms with Gasteiger partial charge in [-0.25, -0.2) is 0 Å². The van der Waals surface area contributed by atoms with Crippen molar-refractivity contribution < 1.29 is 19.3 Å². The summed E-state index contributed by atoms with van der Waals surface area (Å²) in [7, 11) is 0. The summed E-state index contributed by atoms with van der Waals surface area (Å²) < 4.78 is 16.9. The lowest BCUT2D eigenvalue weighted by Gasteiger charge is -2.57. The lowest BCUT2D eigenvalue weighted by molar-refractivity contribution is -0.00522. The fourth-order valence-electron chi connectivity index (χ4n) is 8.34. The van der Waals surface area contributed by atoms with E-state index in [-0.39, 0.29) is 0 Å². The van der Waals surface area contributed by atoms with E-state index < -0.39 is 6.10 Å². The van der Waals surface area contributed by atoms with E-state index >= 15 is 0 Å². The lowest BCUT2D eigenvalue weighted by Crippen LogP contribution is -2.48. The number of rotatable bonds is 8. The zero-order valence-corrected chi connectivity index (χ0v) is 21.8. The predicted molar refractivity (Wildman–Crippen MR) is 142 cm³/mol. The molecule has 5 fully saturated rings. The summed E-state index contributed by atoms with van der Waals surface area (Å²) in [4.78, 5) is 4.81. The molecule has 4 saturated carbocycles. The molecule has 6 aliphatic rings. The Morgan fingerprint density at radius 2 is 1.49 bits per heavy atom. The van der Waals surface area contributed by atoms with E-state index in [0.29, 0.717) is 25.4 Å². The average molecular weight is 505 g/mol. The molecule has 2 aromatic carbocycles. The molecule has 1 N–H and O–H groups in total. The Morgan fingerprint density at radius 3 is 2.19 bits per heavy atom. The van der Waals surface area contributed by atoms with Crippen molar-refractivity contribution in [1.29, 1.82) is 0 Å². The number of β-amino-alcohol motifs (C(OH)–C–C–N with tert-alkyl or cyclic N) is 1. The minimum absolute atomic E-state index is 0.316. The number of aliphatic hydroxyl groups is 1. The van der Waals surface area contributed by atoms with Crippen LogP contribution in [0.5, 0.6) is 17.2 Å². The van der Waals surface area contributed by atoms with Crippen LogP contribution in [0.4, 0.5) is 0 Å². The molecule has 4 aliphatic carbocycles. The molecule has 2 heterocycles. The van der Waals surface area contributed by atoms with Gasteiger partial charge < -0.3 is 19.3 Å². The number of piperazine rings is 1. The maximum atomic E-state index is 10.7. The van der Waals surface area contributed by atoms with Crippen molar-refractivity contribution >= 4 is 0 Å². The van der Waals surface area contributed by atoms with Crippen LogP contribution in [0.3, 0.4) is 0 Å². The Kier molecular flexibility index (Phi) is 6.30. The molecule has 37 heavy (non-hydrogen) atoms. The van der Waals surface area contributed by atoms with Crippen LogP contribution in [-0.2, 0) is 12.0 Å². The highest BCUT2D eigenvalue weighted by atomic mass is 16.7. The maximum absolute atomic E-state index is 10.7. The quantitative estimate of drug-likeness (QED) is 0.574. The first-order chi connectivity index (χ1) is 18.1. The SMILES string of the molecule is O[C@H](COc1ccc(C23CC4CC(CC(C4)C2)C3)cc1)CN1CCN(Cc2ccc3c(c2)OCO3)CC1. The van der Waals surface area contributed by atoms with Crippen molar-refractivity contribution in [2.45, 2.75) is 56.6 Å². The van der Waals surface area contributed by atoms with Gasteiger partial charge in [-0.05, 0) is 97.1 Å². The molecule has 1 saturated heterocycles. The third-order valence-electron chi connectivity index (χ3n) is 9.72. The number of fused-ring (bicyclic) bond motifs is 1. The molecule has 0 amide bonds. The summed E-state index contributed by atoms with van der Waals surface area (Å²) in [5, 5.41) is 10.7. The highest BCUT2D eigenvalue weighted by Gasteiger charge is 2.51. The fraction of sp³-hybridized carbons (Fsp3) is 0.613. The van der Waals surface area contributed by atoms with Crippen LogP contribution in [-0.4, -0.2) is 67.1 Å². The molecule has 198 valence electrons. The van der Waals surface area contributed by atoms with E-state index in [1.54, 1.807) is 0 Å². The van der Waals surface area contributed by atoms with E-state index in [0.717, 1.165) is 67.7 Å². The maximum Gasteiger partial charge on any atom is 0.231 e. The van der Waals surface area contributed by atoms with Gasteiger partial charge >= 0.3 is 0 Å². The monoisotopic (exact) mass is 504 g/mol. The number of benzene rings is 2. The van der Waals surface area contributed by atoms with Gasteiger partial charge in [-0.15, -0.1) is 0 Å². The molecule has 6 nitrogen and oxygen atoms in total. The zero-order valence-electron chi connectivity index (χ0n) is 21.8. The molecule has 2 aromatic rings. The Bertz CT molecular complexity index is 1060. The van der Waals surface area contributed by atoms with Crippen LogP contribution >= 0.6 is 0 Å². The van der Waals surface area contributed by atoms with Crippen molar-refractivity contribution in [2.75, 3.05) is 46.1 Å². The minimum atomic E-state index is -0.483. The van der Waals surface area contributed by atoms with Gasteiger partial charge in [0.05, 0.1) is 0 Å². The molecule has 8 rings (SSSR count). The van der Waals surface area contributed by atoms with Crippen LogP contribution in [0, 0.1) is 17.8 Å². The number of aliphatic hydroxyl groups excluding tert-OH is 1. The van der Waals surface area contributed by atoms with Crippen LogP contribution < -0.4 is 14.2 Å². The summed E-state index contributed by atoms with van der Waals surface area (Å²) in [5.41, 5.74) is 3.20. The largest absolute Gasteiger partial charge is 0.491 e. The van der Waals surface area contributed by atoms with Crippen LogP contribution in [0.1, 0.15) is 49.7 Å². The molecule has 0 radical (unpaired) electrons. The highest BCUT2D eigenvalue weighted by Crippen LogP contribution is 2.60. The van der Waals surface area contributed by atoms with Gasteiger partial charge in [0, 0.05) is 39.3 Å². The second kappa shape index (κ2) is 9.79. The standard InChI is InChI=1S/C31H40N2O4/c34-27(19-33-9-7-32(8-10-33)18-22-1-6-29-30(14-22)37-21-36-29)20-35-28-4-2-26(3-5-28)31-15-23-11-24(16-31)13-25(12-23)17-31/h1-6,14,23-25,27,34H,7-13,15-21H2/t23?,24?,25?,27-,31?/m0/s1. The van der Waals surface area contributed by atoms with Crippen molar-refractivity contribution in [3.05, 3.63) is 53.6 Å².